The Morgan fingerprint density at radius 3 is 3.00 bits per heavy atom. The maximum Gasteiger partial charge on any atom is 0.304 e. The van der Waals surface area contributed by atoms with Gasteiger partial charge in [0, 0.05) is 24.7 Å². The number of benzene rings is 1. The molecule has 0 radical (unpaired) electrons. The van der Waals surface area contributed by atoms with Crippen LogP contribution in [0.4, 0.5) is 10.1 Å². The van der Waals surface area contributed by atoms with E-state index in [4.69, 9.17) is 0 Å². The minimum atomic E-state index is -0.759. The lowest BCUT2D eigenvalue weighted by Crippen LogP contribution is -2.45. The molecule has 1 aromatic carbocycles. The maximum absolute atomic E-state index is 13.6. The quantitative estimate of drug-likeness (QED) is 0.684. The molecular weight excluding hydrogens is 273 g/mol. The topological polar surface area (TPSA) is 58.4 Å². The Morgan fingerprint density at radius 1 is 1.38 bits per heavy atom. The number of hydrogen-bond donors (Lipinski definition) is 1. The van der Waals surface area contributed by atoms with E-state index in [0.29, 0.717) is 18.6 Å². The van der Waals surface area contributed by atoms with Crippen molar-refractivity contribution in [2.24, 2.45) is 0 Å². The second-order valence-corrected chi connectivity index (χ2v) is 5.98. The molecule has 2 atom stereocenters. The van der Waals surface area contributed by atoms with Crippen molar-refractivity contribution in [1.29, 1.82) is 0 Å². The van der Waals surface area contributed by atoms with E-state index in [1.165, 1.54) is 31.5 Å². The standard InChI is InChI=1S/C15H20FN3O2/c16-14-8-11(3-4-15(14)19(20)21)10-17-12-5-7-18-6-1-2-13(18)9-12/h3-4,8,12-13,17H,1-2,5-7,9-10H2. The Morgan fingerprint density at radius 2 is 2.24 bits per heavy atom. The minimum absolute atomic E-state index is 0.460. The number of piperidine rings is 1. The van der Waals surface area contributed by atoms with E-state index in [1.54, 1.807) is 6.07 Å². The van der Waals surface area contributed by atoms with Crippen LogP contribution in [-0.2, 0) is 6.54 Å². The van der Waals surface area contributed by atoms with Crippen molar-refractivity contribution in [3.05, 3.63) is 39.7 Å². The molecule has 5 nitrogen and oxygen atoms in total. The van der Waals surface area contributed by atoms with Gasteiger partial charge in [0.15, 0.2) is 0 Å². The highest BCUT2D eigenvalue weighted by Gasteiger charge is 2.31. The van der Waals surface area contributed by atoms with Gasteiger partial charge in [0.1, 0.15) is 0 Å². The summed E-state index contributed by atoms with van der Waals surface area (Å²) in [5.74, 6) is -0.759. The van der Waals surface area contributed by atoms with Crippen LogP contribution >= 0.6 is 0 Å². The summed E-state index contributed by atoms with van der Waals surface area (Å²) in [6.07, 6.45) is 4.84. The first kappa shape index (κ1) is 14.4. The van der Waals surface area contributed by atoms with Crippen LogP contribution < -0.4 is 5.32 Å². The summed E-state index contributed by atoms with van der Waals surface area (Å²) in [6.45, 7) is 2.92. The van der Waals surface area contributed by atoms with E-state index in [0.717, 1.165) is 24.9 Å². The van der Waals surface area contributed by atoms with Gasteiger partial charge in [-0.15, -0.1) is 0 Å². The summed E-state index contributed by atoms with van der Waals surface area (Å²) in [7, 11) is 0. The van der Waals surface area contributed by atoms with Crippen LogP contribution in [0.3, 0.4) is 0 Å². The fourth-order valence-corrected chi connectivity index (χ4v) is 3.48. The number of nitrogens with zero attached hydrogens (tertiary/aromatic N) is 2. The van der Waals surface area contributed by atoms with Gasteiger partial charge >= 0.3 is 5.69 Å². The Bertz CT molecular complexity index is 538. The maximum atomic E-state index is 13.6. The molecule has 1 N–H and O–H groups in total. The highest BCUT2D eigenvalue weighted by molar-refractivity contribution is 5.34. The van der Waals surface area contributed by atoms with Gasteiger partial charge in [0.25, 0.3) is 0 Å². The summed E-state index contributed by atoms with van der Waals surface area (Å²) < 4.78 is 13.6. The molecule has 2 saturated heterocycles. The summed E-state index contributed by atoms with van der Waals surface area (Å²) in [5.41, 5.74) is 0.296. The minimum Gasteiger partial charge on any atom is -0.310 e. The zero-order valence-electron chi connectivity index (χ0n) is 11.9. The van der Waals surface area contributed by atoms with Gasteiger partial charge in [-0.05, 0) is 50.4 Å². The largest absolute Gasteiger partial charge is 0.310 e. The van der Waals surface area contributed by atoms with Crippen LogP contribution in [0.25, 0.3) is 0 Å². The molecule has 0 spiro atoms. The average Bonchev–Trinajstić information content (AvgIpc) is 2.92. The Hall–Kier alpha value is -1.53. The number of nitro benzene ring substituents is 1. The van der Waals surface area contributed by atoms with Gasteiger partial charge < -0.3 is 10.2 Å². The molecule has 2 unspecified atom stereocenters. The molecule has 0 aromatic heterocycles. The average molecular weight is 293 g/mol. The van der Waals surface area contributed by atoms with Gasteiger partial charge in [0.2, 0.25) is 5.82 Å². The van der Waals surface area contributed by atoms with E-state index >= 15 is 0 Å². The first-order valence-electron chi connectivity index (χ1n) is 7.54. The van der Waals surface area contributed by atoms with E-state index in [-0.39, 0.29) is 0 Å². The van der Waals surface area contributed by atoms with Crippen molar-refractivity contribution in [3.63, 3.8) is 0 Å². The molecule has 114 valence electrons. The lowest BCUT2D eigenvalue weighted by Gasteiger charge is -2.35. The fraction of sp³-hybridized carbons (Fsp3) is 0.600. The van der Waals surface area contributed by atoms with Gasteiger partial charge in [-0.3, -0.25) is 10.1 Å². The molecule has 2 fully saturated rings. The van der Waals surface area contributed by atoms with E-state index in [9.17, 15) is 14.5 Å². The van der Waals surface area contributed by atoms with Crippen molar-refractivity contribution < 1.29 is 9.31 Å². The molecule has 0 aliphatic carbocycles. The fourth-order valence-electron chi connectivity index (χ4n) is 3.48. The zero-order valence-corrected chi connectivity index (χ0v) is 11.9. The smallest absolute Gasteiger partial charge is 0.304 e. The lowest BCUT2D eigenvalue weighted by molar-refractivity contribution is -0.387. The van der Waals surface area contributed by atoms with Crippen LogP contribution in [0, 0.1) is 15.9 Å². The Kier molecular flexibility index (Phi) is 4.17. The molecule has 0 bridgehead atoms. The number of nitrogens with one attached hydrogen (secondary N) is 1. The highest BCUT2D eigenvalue weighted by atomic mass is 19.1. The Labute approximate surface area is 123 Å². The van der Waals surface area contributed by atoms with Crippen molar-refractivity contribution in [1.82, 2.24) is 10.2 Å². The second kappa shape index (κ2) is 6.07. The van der Waals surface area contributed by atoms with E-state index in [2.05, 4.69) is 10.2 Å². The second-order valence-electron chi connectivity index (χ2n) is 5.98. The van der Waals surface area contributed by atoms with Crippen molar-refractivity contribution >= 4 is 5.69 Å². The molecule has 2 aliphatic rings. The van der Waals surface area contributed by atoms with Crippen molar-refractivity contribution in [3.8, 4) is 0 Å². The SMILES string of the molecule is O=[N+]([O-])c1ccc(CNC2CCN3CCCC3C2)cc1F. The molecule has 1 aromatic rings. The predicted octanol–water partition coefficient (Wildman–Crippen LogP) is 2.45. The molecule has 2 aliphatic heterocycles. The lowest BCUT2D eigenvalue weighted by atomic mass is 9.97. The monoisotopic (exact) mass is 293 g/mol. The molecule has 2 heterocycles. The third-order valence-corrected chi connectivity index (χ3v) is 4.62. The number of halogens is 1. The van der Waals surface area contributed by atoms with Crippen molar-refractivity contribution in [2.45, 2.75) is 44.3 Å². The zero-order chi connectivity index (χ0) is 14.8. The van der Waals surface area contributed by atoms with Crippen molar-refractivity contribution in [2.75, 3.05) is 13.1 Å². The third-order valence-electron chi connectivity index (χ3n) is 4.62. The first-order chi connectivity index (χ1) is 10.1. The normalized spacial score (nSPS) is 25.8. The molecule has 3 rings (SSSR count). The molecule has 0 saturated carbocycles. The highest BCUT2D eigenvalue weighted by Crippen LogP contribution is 2.27. The summed E-state index contributed by atoms with van der Waals surface area (Å²) in [5, 5.41) is 14.1. The summed E-state index contributed by atoms with van der Waals surface area (Å²) >= 11 is 0. The van der Waals surface area contributed by atoms with Gasteiger partial charge in [-0.2, -0.15) is 4.39 Å². The molecule has 0 amide bonds. The van der Waals surface area contributed by atoms with E-state index < -0.39 is 16.4 Å². The first-order valence-corrected chi connectivity index (χ1v) is 7.54. The van der Waals surface area contributed by atoms with E-state index in [1.807, 2.05) is 0 Å². The van der Waals surface area contributed by atoms with Crippen LogP contribution in [0.5, 0.6) is 0 Å². The summed E-state index contributed by atoms with van der Waals surface area (Å²) in [4.78, 5) is 12.5. The predicted molar refractivity (Wildman–Crippen MR) is 77.5 cm³/mol. The number of hydrogen-bond acceptors (Lipinski definition) is 4. The van der Waals surface area contributed by atoms with Crippen LogP contribution in [-0.4, -0.2) is 35.0 Å². The van der Waals surface area contributed by atoms with Gasteiger partial charge in [0.05, 0.1) is 4.92 Å². The Balaban J connectivity index is 1.55. The van der Waals surface area contributed by atoms with Gasteiger partial charge in [-0.1, -0.05) is 6.07 Å². The van der Waals surface area contributed by atoms with Crippen LogP contribution in [0.2, 0.25) is 0 Å². The number of nitro groups is 1. The summed E-state index contributed by atoms with van der Waals surface area (Å²) in [6, 6.07) is 5.29. The molecular formula is C15H20FN3O2. The molecule has 6 heteroatoms. The number of rotatable bonds is 4. The third kappa shape index (κ3) is 3.22. The van der Waals surface area contributed by atoms with Crippen LogP contribution in [0.15, 0.2) is 18.2 Å². The molecule has 21 heavy (non-hydrogen) atoms. The van der Waals surface area contributed by atoms with Crippen LogP contribution in [0.1, 0.15) is 31.2 Å². The number of fused-ring (bicyclic) bond motifs is 1. The van der Waals surface area contributed by atoms with Gasteiger partial charge in [-0.25, -0.2) is 0 Å².